The molecule has 1 amide bonds. The lowest BCUT2D eigenvalue weighted by Crippen LogP contribution is -2.50. The summed E-state index contributed by atoms with van der Waals surface area (Å²) in [6.07, 6.45) is 0.184. The van der Waals surface area contributed by atoms with Crippen LogP contribution in [-0.2, 0) is 16.0 Å². The molecular weight excluding hydrogens is 307 g/mol. The van der Waals surface area contributed by atoms with Gasteiger partial charge >= 0.3 is 0 Å². The van der Waals surface area contributed by atoms with Crippen LogP contribution in [0.25, 0.3) is 0 Å². The third-order valence-electron chi connectivity index (χ3n) is 4.21. The molecule has 2 aromatic carbocycles. The van der Waals surface area contributed by atoms with E-state index in [0.717, 1.165) is 11.1 Å². The first kappa shape index (κ1) is 16.6. The SMILES string of the molecule is N[C@@H](Cc1ccccc1)C(=O)N1CCOC(c2cccc(F)c2)C1. The van der Waals surface area contributed by atoms with Gasteiger partial charge in [0.2, 0.25) is 5.91 Å². The number of nitrogens with zero attached hydrogens (tertiary/aromatic N) is 1. The Labute approximate surface area is 141 Å². The lowest BCUT2D eigenvalue weighted by Gasteiger charge is -2.34. The van der Waals surface area contributed by atoms with Crippen LogP contribution in [0, 0.1) is 5.82 Å². The molecule has 0 saturated carbocycles. The van der Waals surface area contributed by atoms with Crippen molar-refractivity contribution in [1.82, 2.24) is 4.90 Å². The average Bonchev–Trinajstić information content (AvgIpc) is 2.62. The van der Waals surface area contributed by atoms with Crippen LogP contribution in [0.2, 0.25) is 0 Å². The molecule has 3 rings (SSSR count). The molecule has 0 spiro atoms. The van der Waals surface area contributed by atoms with E-state index < -0.39 is 6.04 Å². The Bertz CT molecular complexity index is 693. The van der Waals surface area contributed by atoms with Crippen molar-refractivity contribution < 1.29 is 13.9 Å². The second kappa shape index (κ2) is 7.55. The molecule has 0 radical (unpaired) electrons. The molecule has 4 nitrogen and oxygen atoms in total. The Hall–Kier alpha value is -2.24. The lowest BCUT2D eigenvalue weighted by atomic mass is 10.0. The molecule has 2 aromatic rings. The Morgan fingerprint density at radius 2 is 2.04 bits per heavy atom. The van der Waals surface area contributed by atoms with Gasteiger partial charge in [0, 0.05) is 6.54 Å². The van der Waals surface area contributed by atoms with E-state index in [0.29, 0.717) is 26.1 Å². The van der Waals surface area contributed by atoms with Gasteiger partial charge in [0.25, 0.3) is 0 Å². The number of amides is 1. The highest BCUT2D eigenvalue weighted by Gasteiger charge is 2.28. The van der Waals surface area contributed by atoms with Crippen LogP contribution >= 0.6 is 0 Å². The minimum Gasteiger partial charge on any atom is -0.370 e. The Balaban J connectivity index is 1.64. The summed E-state index contributed by atoms with van der Waals surface area (Å²) in [5.74, 6) is -0.399. The Morgan fingerprint density at radius 1 is 1.25 bits per heavy atom. The Morgan fingerprint density at radius 3 is 2.79 bits per heavy atom. The van der Waals surface area contributed by atoms with Gasteiger partial charge in [-0.3, -0.25) is 4.79 Å². The maximum Gasteiger partial charge on any atom is 0.240 e. The van der Waals surface area contributed by atoms with Crippen molar-refractivity contribution in [2.24, 2.45) is 5.73 Å². The number of ether oxygens (including phenoxy) is 1. The fourth-order valence-electron chi connectivity index (χ4n) is 2.95. The second-order valence-electron chi connectivity index (χ2n) is 5.99. The fourth-order valence-corrected chi connectivity index (χ4v) is 2.95. The first-order chi connectivity index (χ1) is 11.6. The van der Waals surface area contributed by atoms with Crippen molar-refractivity contribution in [2.45, 2.75) is 18.6 Å². The van der Waals surface area contributed by atoms with Gasteiger partial charge in [-0.2, -0.15) is 0 Å². The molecule has 2 N–H and O–H groups in total. The number of carbonyl (C=O) groups excluding carboxylic acids is 1. The summed E-state index contributed by atoms with van der Waals surface area (Å²) in [6.45, 7) is 1.32. The van der Waals surface area contributed by atoms with Gasteiger partial charge < -0.3 is 15.4 Å². The predicted molar refractivity (Wildman–Crippen MR) is 89.8 cm³/mol. The van der Waals surface area contributed by atoms with Crippen molar-refractivity contribution in [3.05, 3.63) is 71.5 Å². The number of hydrogen-bond acceptors (Lipinski definition) is 3. The van der Waals surface area contributed by atoms with Crippen molar-refractivity contribution in [3.63, 3.8) is 0 Å². The van der Waals surface area contributed by atoms with E-state index in [1.54, 1.807) is 11.0 Å². The first-order valence-electron chi connectivity index (χ1n) is 8.09. The van der Waals surface area contributed by atoms with Crippen LogP contribution in [0.5, 0.6) is 0 Å². The smallest absolute Gasteiger partial charge is 0.240 e. The van der Waals surface area contributed by atoms with Crippen molar-refractivity contribution in [3.8, 4) is 0 Å². The molecule has 0 aromatic heterocycles. The van der Waals surface area contributed by atoms with E-state index in [2.05, 4.69) is 0 Å². The zero-order valence-corrected chi connectivity index (χ0v) is 13.4. The van der Waals surface area contributed by atoms with E-state index >= 15 is 0 Å². The quantitative estimate of drug-likeness (QED) is 0.937. The van der Waals surface area contributed by atoms with Crippen molar-refractivity contribution in [1.29, 1.82) is 0 Å². The number of hydrogen-bond donors (Lipinski definition) is 1. The molecule has 24 heavy (non-hydrogen) atoms. The number of halogens is 1. The number of carbonyl (C=O) groups is 1. The van der Waals surface area contributed by atoms with Crippen molar-refractivity contribution in [2.75, 3.05) is 19.7 Å². The van der Waals surface area contributed by atoms with Gasteiger partial charge in [0.1, 0.15) is 11.9 Å². The highest BCUT2D eigenvalue weighted by molar-refractivity contribution is 5.82. The van der Waals surface area contributed by atoms with Crippen LogP contribution in [0.4, 0.5) is 4.39 Å². The third kappa shape index (κ3) is 3.99. The van der Waals surface area contributed by atoms with E-state index in [1.165, 1.54) is 12.1 Å². The van der Waals surface area contributed by atoms with Crippen LogP contribution < -0.4 is 5.73 Å². The van der Waals surface area contributed by atoms with E-state index in [4.69, 9.17) is 10.5 Å². The van der Waals surface area contributed by atoms with Gasteiger partial charge in [0.05, 0.1) is 19.2 Å². The second-order valence-corrected chi connectivity index (χ2v) is 5.99. The summed E-state index contributed by atoms with van der Waals surface area (Å²) < 4.78 is 19.1. The largest absolute Gasteiger partial charge is 0.370 e. The number of benzene rings is 2. The highest BCUT2D eigenvalue weighted by atomic mass is 19.1. The van der Waals surface area contributed by atoms with Crippen LogP contribution in [-0.4, -0.2) is 36.5 Å². The monoisotopic (exact) mass is 328 g/mol. The molecule has 1 unspecified atom stereocenters. The molecule has 1 aliphatic rings. The molecule has 2 atom stereocenters. The summed E-state index contributed by atoms with van der Waals surface area (Å²) in [6, 6.07) is 15.4. The van der Waals surface area contributed by atoms with E-state index in [1.807, 2.05) is 36.4 Å². The molecule has 1 saturated heterocycles. The fraction of sp³-hybridized carbons (Fsp3) is 0.316. The topological polar surface area (TPSA) is 55.6 Å². The van der Waals surface area contributed by atoms with E-state index in [9.17, 15) is 9.18 Å². The standard InChI is InChI=1S/C19H21FN2O2/c20-16-8-4-7-15(12-16)18-13-22(9-10-24-18)19(23)17(21)11-14-5-2-1-3-6-14/h1-8,12,17-18H,9-11,13,21H2/t17-,18?/m0/s1. The minimum atomic E-state index is -0.585. The number of morpholine rings is 1. The maximum absolute atomic E-state index is 13.4. The van der Waals surface area contributed by atoms with Crippen molar-refractivity contribution >= 4 is 5.91 Å². The summed E-state index contributed by atoms with van der Waals surface area (Å²) in [5.41, 5.74) is 7.87. The summed E-state index contributed by atoms with van der Waals surface area (Å²) in [4.78, 5) is 14.3. The summed E-state index contributed by atoms with van der Waals surface area (Å²) in [5, 5.41) is 0. The molecule has 126 valence electrons. The molecule has 1 fully saturated rings. The van der Waals surface area contributed by atoms with Crippen LogP contribution in [0.3, 0.4) is 0 Å². The van der Waals surface area contributed by atoms with Gasteiger partial charge in [0.15, 0.2) is 0 Å². The van der Waals surface area contributed by atoms with E-state index in [-0.39, 0.29) is 17.8 Å². The van der Waals surface area contributed by atoms with Gasteiger partial charge in [-0.1, -0.05) is 42.5 Å². The Kier molecular flexibility index (Phi) is 5.23. The van der Waals surface area contributed by atoms with Crippen LogP contribution in [0.1, 0.15) is 17.2 Å². The molecular formula is C19H21FN2O2. The third-order valence-corrected chi connectivity index (χ3v) is 4.21. The lowest BCUT2D eigenvalue weighted by molar-refractivity contribution is -0.140. The molecule has 1 aliphatic heterocycles. The first-order valence-corrected chi connectivity index (χ1v) is 8.09. The highest BCUT2D eigenvalue weighted by Crippen LogP contribution is 2.23. The summed E-state index contributed by atoms with van der Waals surface area (Å²) >= 11 is 0. The van der Waals surface area contributed by atoms with Gasteiger partial charge in [-0.25, -0.2) is 4.39 Å². The zero-order valence-electron chi connectivity index (χ0n) is 13.4. The predicted octanol–water partition coefficient (Wildman–Crippen LogP) is 2.30. The zero-order chi connectivity index (χ0) is 16.9. The molecule has 1 heterocycles. The summed E-state index contributed by atoms with van der Waals surface area (Å²) in [7, 11) is 0. The normalized spacial score (nSPS) is 19.1. The molecule has 0 aliphatic carbocycles. The molecule has 5 heteroatoms. The van der Waals surface area contributed by atoms with Gasteiger partial charge in [-0.05, 0) is 29.7 Å². The average molecular weight is 328 g/mol. The number of nitrogens with two attached hydrogens (primary N) is 1. The minimum absolute atomic E-state index is 0.0939. The number of rotatable bonds is 4. The van der Waals surface area contributed by atoms with Gasteiger partial charge in [-0.15, -0.1) is 0 Å². The molecule has 0 bridgehead atoms. The van der Waals surface area contributed by atoms with Crippen LogP contribution in [0.15, 0.2) is 54.6 Å². The maximum atomic E-state index is 13.4.